The molecule has 0 N–H and O–H groups in total. The summed E-state index contributed by atoms with van der Waals surface area (Å²) in [5.74, 6) is 0.472. The third-order valence-corrected chi connectivity index (χ3v) is 6.81. The van der Waals surface area contributed by atoms with Gasteiger partial charge in [-0.25, -0.2) is 4.57 Å². The normalized spacial score (nSPS) is 15.0. The lowest BCUT2D eigenvalue weighted by atomic mass is 9.82. The largest absolute Gasteiger partial charge is 0.454 e. The smallest absolute Gasteiger partial charge is 0.216 e. The second-order valence-electron chi connectivity index (χ2n) is 8.74. The van der Waals surface area contributed by atoms with Crippen LogP contribution in [0.15, 0.2) is 47.0 Å². The second kappa shape index (κ2) is 7.29. The van der Waals surface area contributed by atoms with E-state index >= 15 is 0 Å². The summed E-state index contributed by atoms with van der Waals surface area (Å²) in [6, 6.07) is 15.3. The summed E-state index contributed by atoms with van der Waals surface area (Å²) in [6.45, 7) is 4.28. The van der Waals surface area contributed by atoms with E-state index in [1.165, 1.54) is 48.8 Å². The monoisotopic (exact) mass is 395 g/mol. The molecule has 1 aliphatic carbocycles. The summed E-state index contributed by atoms with van der Waals surface area (Å²) in [5, 5.41) is 12.3. The van der Waals surface area contributed by atoms with Crippen LogP contribution in [0.5, 0.6) is 0 Å². The Morgan fingerprint density at radius 3 is 2.53 bits per heavy atom. The van der Waals surface area contributed by atoms with Crippen LogP contribution in [0.2, 0.25) is 0 Å². The molecule has 2 aromatic heterocycles. The summed E-state index contributed by atoms with van der Waals surface area (Å²) in [7, 11) is 2.06. The van der Waals surface area contributed by atoms with Gasteiger partial charge in [0.15, 0.2) is 11.8 Å². The van der Waals surface area contributed by atoms with Crippen molar-refractivity contribution in [2.45, 2.75) is 51.9 Å². The molecule has 0 aliphatic heterocycles. The van der Waals surface area contributed by atoms with Gasteiger partial charge in [0, 0.05) is 22.9 Å². The van der Waals surface area contributed by atoms with Gasteiger partial charge in [-0.3, -0.25) is 0 Å². The van der Waals surface area contributed by atoms with E-state index in [0.29, 0.717) is 5.92 Å². The molecule has 30 heavy (non-hydrogen) atoms. The highest BCUT2D eigenvalue weighted by Gasteiger charge is 2.26. The molecule has 0 radical (unpaired) electrons. The summed E-state index contributed by atoms with van der Waals surface area (Å²) >= 11 is 0. The first-order chi connectivity index (χ1) is 14.6. The minimum Gasteiger partial charge on any atom is -0.454 e. The molecule has 2 aromatic carbocycles. The molecular weight excluding hydrogens is 368 g/mol. The Bertz CT molecular complexity index is 1320. The summed E-state index contributed by atoms with van der Waals surface area (Å²) < 4.78 is 8.70. The number of furan rings is 1. The van der Waals surface area contributed by atoms with E-state index in [0.717, 1.165) is 38.8 Å². The number of fused-ring (bicyclic) bond motifs is 3. The maximum atomic E-state index is 10.1. The van der Waals surface area contributed by atoms with Gasteiger partial charge in [-0.05, 0) is 55.4 Å². The average Bonchev–Trinajstić information content (AvgIpc) is 3.14. The van der Waals surface area contributed by atoms with Gasteiger partial charge in [-0.15, -0.1) is 0 Å². The van der Waals surface area contributed by atoms with Crippen LogP contribution in [0.25, 0.3) is 33.2 Å². The van der Waals surface area contributed by atoms with Crippen molar-refractivity contribution < 1.29 is 8.98 Å². The zero-order valence-corrected chi connectivity index (χ0v) is 18.0. The highest BCUT2D eigenvalue weighted by Crippen LogP contribution is 2.43. The van der Waals surface area contributed by atoms with Gasteiger partial charge in [0.2, 0.25) is 5.69 Å². The maximum absolute atomic E-state index is 10.1. The van der Waals surface area contributed by atoms with E-state index in [-0.39, 0.29) is 0 Å². The fourth-order valence-corrected chi connectivity index (χ4v) is 5.36. The average molecular weight is 396 g/mol. The zero-order chi connectivity index (χ0) is 20.8. The zero-order valence-electron chi connectivity index (χ0n) is 18.0. The molecule has 0 spiro atoms. The van der Waals surface area contributed by atoms with E-state index < -0.39 is 0 Å². The van der Waals surface area contributed by atoms with Crippen LogP contribution < -0.4 is 4.57 Å². The first-order valence-electron chi connectivity index (χ1n) is 10.9. The fraction of sp³-hybridized carbons (Fsp3) is 0.333. The first kappa shape index (κ1) is 18.9. The lowest BCUT2D eigenvalue weighted by Crippen LogP contribution is -2.30. The predicted molar refractivity (Wildman–Crippen MR) is 120 cm³/mol. The van der Waals surface area contributed by atoms with Gasteiger partial charge < -0.3 is 4.42 Å². The lowest BCUT2D eigenvalue weighted by Gasteiger charge is -2.22. The molecule has 150 valence electrons. The van der Waals surface area contributed by atoms with E-state index in [9.17, 15) is 5.26 Å². The number of hydrogen-bond donors (Lipinski definition) is 0. The van der Waals surface area contributed by atoms with Crippen LogP contribution in [0.1, 0.15) is 60.3 Å². The van der Waals surface area contributed by atoms with Crippen molar-refractivity contribution in [1.29, 1.82) is 5.26 Å². The van der Waals surface area contributed by atoms with Gasteiger partial charge in [-0.1, -0.05) is 37.5 Å². The molecule has 0 unspecified atom stereocenters. The van der Waals surface area contributed by atoms with E-state index in [4.69, 9.17) is 4.42 Å². The summed E-state index contributed by atoms with van der Waals surface area (Å²) in [6.07, 6.45) is 8.21. The number of aromatic nitrogens is 1. The topological polar surface area (TPSA) is 40.8 Å². The van der Waals surface area contributed by atoms with Crippen molar-refractivity contribution >= 4 is 21.9 Å². The highest BCUT2D eigenvalue weighted by molar-refractivity contribution is 6.12. The Morgan fingerprint density at radius 1 is 1.00 bits per heavy atom. The van der Waals surface area contributed by atoms with Gasteiger partial charge in [0.05, 0.1) is 11.1 Å². The lowest BCUT2D eigenvalue weighted by molar-refractivity contribution is -0.660. The van der Waals surface area contributed by atoms with Crippen molar-refractivity contribution in [3.8, 4) is 17.3 Å². The molecule has 3 nitrogen and oxygen atoms in total. The van der Waals surface area contributed by atoms with Gasteiger partial charge >= 0.3 is 0 Å². The summed E-state index contributed by atoms with van der Waals surface area (Å²) in [4.78, 5) is 0. The number of hydrogen-bond acceptors (Lipinski definition) is 2. The Hall–Kier alpha value is -3.12. The molecule has 5 rings (SSSR count). The van der Waals surface area contributed by atoms with Crippen molar-refractivity contribution in [3.63, 3.8) is 0 Å². The van der Waals surface area contributed by atoms with Crippen molar-refractivity contribution in [1.82, 2.24) is 0 Å². The van der Waals surface area contributed by atoms with Gasteiger partial charge in [-0.2, -0.15) is 5.26 Å². The Labute approximate surface area is 177 Å². The molecule has 1 saturated carbocycles. The number of pyridine rings is 1. The molecule has 1 fully saturated rings. The number of aryl methyl sites for hydroxylation is 3. The SMILES string of the molecule is Cc1cc(C)c2c(oc3c(C#N)c(C4CCCCC4)ccc32)c1-c1cccc[n+]1C. The molecular formula is C27H27N2O+. The molecule has 1 aliphatic rings. The molecule has 0 saturated heterocycles. The Kier molecular flexibility index (Phi) is 4.59. The molecule has 0 amide bonds. The molecule has 0 atom stereocenters. The highest BCUT2D eigenvalue weighted by atomic mass is 16.3. The number of rotatable bonds is 2. The third kappa shape index (κ3) is 2.82. The van der Waals surface area contributed by atoms with Crippen LogP contribution >= 0.6 is 0 Å². The minimum atomic E-state index is 0.472. The van der Waals surface area contributed by atoms with Crippen LogP contribution in [-0.2, 0) is 7.05 Å². The predicted octanol–water partition coefficient (Wildman–Crippen LogP) is 6.61. The van der Waals surface area contributed by atoms with Gasteiger partial charge in [0.25, 0.3) is 0 Å². The van der Waals surface area contributed by atoms with Crippen molar-refractivity contribution in [3.05, 3.63) is 64.8 Å². The second-order valence-corrected chi connectivity index (χ2v) is 8.74. The van der Waals surface area contributed by atoms with E-state index in [1.807, 2.05) is 6.07 Å². The standard InChI is InChI=1S/C27H27N2O/c1-17-15-18(2)25(23-11-7-8-14-29(23)3)27-24(17)21-13-12-20(19-9-5-4-6-10-19)22(16-28)26(21)30-27/h7-8,11-15,19H,4-6,9-10H2,1-3H3/q+1. The van der Waals surface area contributed by atoms with Crippen molar-refractivity contribution in [2.24, 2.45) is 7.05 Å². The third-order valence-electron chi connectivity index (χ3n) is 6.81. The van der Waals surface area contributed by atoms with E-state index in [1.54, 1.807) is 0 Å². The Balaban J connectivity index is 1.85. The minimum absolute atomic E-state index is 0.472. The fourth-order valence-electron chi connectivity index (χ4n) is 5.36. The number of nitrogens with zero attached hydrogens (tertiary/aromatic N) is 2. The molecule has 2 heterocycles. The van der Waals surface area contributed by atoms with Crippen LogP contribution in [0, 0.1) is 25.2 Å². The van der Waals surface area contributed by atoms with Gasteiger partial charge in [0.1, 0.15) is 18.7 Å². The molecule has 3 heteroatoms. The molecule has 0 bridgehead atoms. The van der Waals surface area contributed by atoms with Crippen molar-refractivity contribution in [2.75, 3.05) is 0 Å². The summed E-state index contributed by atoms with van der Waals surface area (Å²) in [5.41, 5.74) is 8.15. The number of nitriles is 1. The van der Waals surface area contributed by atoms with Crippen LogP contribution in [0.3, 0.4) is 0 Å². The quantitative estimate of drug-likeness (QED) is 0.358. The van der Waals surface area contributed by atoms with E-state index in [2.05, 4.69) is 68.1 Å². The Morgan fingerprint density at radius 2 is 1.80 bits per heavy atom. The maximum Gasteiger partial charge on any atom is 0.216 e. The first-order valence-corrected chi connectivity index (χ1v) is 10.9. The number of benzene rings is 2. The molecule has 4 aromatic rings. The van der Waals surface area contributed by atoms with Crippen LogP contribution in [0.4, 0.5) is 0 Å². The van der Waals surface area contributed by atoms with Crippen LogP contribution in [-0.4, -0.2) is 0 Å².